The highest BCUT2D eigenvalue weighted by Crippen LogP contribution is 2.29. The zero-order valence-corrected chi connectivity index (χ0v) is 23.3. The smallest absolute Gasteiger partial charge is 0.331 e. The summed E-state index contributed by atoms with van der Waals surface area (Å²) in [6.07, 6.45) is 1.90. The van der Waals surface area contributed by atoms with Crippen LogP contribution in [0.1, 0.15) is 48.2 Å². The highest BCUT2D eigenvalue weighted by Gasteiger charge is 2.24. The van der Waals surface area contributed by atoms with E-state index in [1.54, 1.807) is 32.0 Å². The van der Waals surface area contributed by atoms with Crippen LogP contribution >= 0.6 is 0 Å². The van der Waals surface area contributed by atoms with E-state index in [1.807, 2.05) is 30.3 Å². The van der Waals surface area contributed by atoms with Gasteiger partial charge < -0.3 is 10.1 Å². The minimum atomic E-state index is -0.704. The van der Waals surface area contributed by atoms with Gasteiger partial charge in [0.15, 0.2) is 11.6 Å². The van der Waals surface area contributed by atoms with Gasteiger partial charge >= 0.3 is 5.69 Å². The first kappa shape index (κ1) is 29.0. The molecule has 1 atom stereocenters. The van der Waals surface area contributed by atoms with Crippen LogP contribution in [0.3, 0.4) is 0 Å². The number of rotatable bonds is 11. The maximum atomic E-state index is 15.5. The third-order valence-corrected chi connectivity index (χ3v) is 7.30. The number of unbranched alkanes of at least 4 members (excludes halogenated alkanes) is 1. The second-order valence-corrected chi connectivity index (χ2v) is 9.87. The van der Waals surface area contributed by atoms with Crippen LogP contribution in [-0.2, 0) is 13.1 Å². The Morgan fingerprint density at radius 3 is 2.33 bits per heavy atom. The zero-order chi connectivity index (χ0) is 28.8. The quantitative estimate of drug-likeness (QED) is 0.243. The van der Waals surface area contributed by atoms with E-state index in [2.05, 4.69) is 12.2 Å². The number of halogens is 2. The molecule has 0 radical (unpaired) electrons. The maximum Gasteiger partial charge on any atom is 0.331 e. The number of hydrogen-bond donors (Lipinski definition) is 1. The van der Waals surface area contributed by atoms with Gasteiger partial charge in [0, 0.05) is 16.8 Å². The Balaban J connectivity index is 1.96. The van der Waals surface area contributed by atoms with Gasteiger partial charge in [-0.3, -0.25) is 13.9 Å². The SMILES string of the molecule is CCCCN[C@@H](Cn1c(=O)c(-c2cccc(OC)c2F)c(C)n(Cc2c(C)cccc2F)c1=O)c1ccccc1. The van der Waals surface area contributed by atoms with Crippen LogP contribution in [0.25, 0.3) is 11.1 Å². The fraction of sp³-hybridized carbons (Fsp3) is 0.312. The normalized spacial score (nSPS) is 11.9. The molecule has 210 valence electrons. The summed E-state index contributed by atoms with van der Waals surface area (Å²) in [4.78, 5) is 28.0. The molecule has 0 amide bonds. The molecule has 4 rings (SSSR count). The molecule has 6 nitrogen and oxygen atoms in total. The van der Waals surface area contributed by atoms with Gasteiger partial charge in [-0.25, -0.2) is 13.6 Å². The van der Waals surface area contributed by atoms with Gasteiger partial charge in [-0.15, -0.1) is 0 Å². The van der Waals surface area contributed by atoms with Crippen molar-refractivity contribution < 1.29 is 13.5 Å². The fourth-order valence-corrected chi connectivity index (χ4v) is 4.95. The lowest BCUT2D eigenvalue weighted by atomic mass is 10.0. The molecule has 0 unspecified atom stereocenters. The number of nitrogens with zero attached hydrogens (tertiary/aromatic N) is 2. The lowest BCUT2D eigenvalue weighted by Gasteiger charge is -2.23. The van der Waals surface area contributed by atoms with Crippen molar-refractivity contribution in [1.29, 1.82) is 0 Å². The van der Waals surface area contributed by atoms with E-state index in [-0.39, 0.29) is 41.7 Å². The van der Waals surface area contributed by atoms with Gasteiger partial charge in [-0.05, 0) is 50.1 Å². The summed E-state index contributed by atoms with van der Waals surface area (Å²) in [7, 11) is 1.35. The molecule has 1 N–H and O–H groups in total. The number of nitrogens with one attached hydrogen (secondary N) is 1. The predicted molar refractivity (Wildman–Crippen MR) is 154 cm³/mol. The van der Waals surface area contributed by atoms with Gasteiger partial charge in [0.2, 0.25) is 0 Å². The molecular formula is C32H35F2N3O3. The summed E-state index contributed by atoms with van der Waals surface area (Å²) in [5, 5.41) is 3.47. The van der Waals surface area contributed by atoms with Gasteiger partial charge in [0.25, 0.3) is 5.56 Å². The molecule has 3 aromatic carbocycles. The average Bonchev–Trinajstić information content (AvgIpc) is 2.95. The van der Waals surface area contributed by atoms with Gasteiger partial charge in [-0.1, -0.05) is 67.9 Å². The van der Waals surface area contributed by atoms with E-state index < -0.39 is 22.9 Å². The van der Waals surface area contributed by atoms with E-state index in [0.717, 1.165) is 23.0 Å². The fourth-order valence-electron chi connectivity index (χ4n) is 4.95. The molecule has 1 aromatic heterocycles. The molecule has 40 heavy (non-hydrogen) atoms. The molecule has 1 heterocycles. The minimum Gasteiger partial charge on any atom is -0.494 e. The Labute approximate surface area is 232 Å². The summed E-state index contributed by atoms with van der Waals surface area (Å²) in [5.74, 6) is -1.18. The largest absolute Gasteiger partial charge is 0.494 e. The Morgan fingerprint density at radius 2 is 1.65 bits per heavy atom. The standard InChI is InChI=1S/C32H35F2N3O3/c1-5-6-18-35-27(23-13-8-7-9-14-23)20-37-31(38)29(24-15-11-17-28(40-4)30(24)34)22(3)36(32(37)39)19-25-21(2)12-10-16-26(25)33/h7-17,27,35H,5-6,18-20H2,1-4H3/t27-/m0/s1. The van der Waals surface area contributed by atoms with Crippen LogP contribution in [0.4, 0.5) is 8.78 Å². The molecule has 0 fully saturated rings. The molecule has 8 heteroatoms. The monoisotopic (exact) mass is 547 g/mol. The van der Waals surface area contributed by atoms with Crippen LogP contribution in [0.15, 0.2) is 76.3 Å². The lowest BCUT2D eigenvalue weighted by Crippen LogP contribution is -2.45. The third-order valence-electron chi connectivity index (χ3n) is 7.30. The first-order chi connectivity index (χ1) is 19.3. The summed E-state index contributed by atoms with van der Waals surface area (Å²) in [6, 6.07) is 18.5. The second kappa shape index (κ2) is 12.9. The molecule has 0 saturated heterocycles. The summed E-state index contributed by atoms with van der Waals surface area (Å²) in [5.41, 5.74) is 1.00. The molecule has 0 aliphatic rings. The molecule has 4 aromatic rings. The Hall–Kier alpha value is -4.04. The van der Waals surface area contributed by atoms with Gasteiger partial charge in [0.1, 0.15) is 5.82 Å². The number of benzene rings is 3. The van der Waals surface area contributed by atoms with Crippen LogP contribution < -0.4 is 21.3 Å². The highest BCUT2D eigenvalue weighted by atomic mass is 19.1. The number of aryl methyl sites for hydroxylation is 1. The van der Waals surface area contributed by atoms with Crippen molar-refractivity contribution in [2.24, 2.45) is 0 Å². The summed E-state index contributed by atoms with van der Waals surface area (Å²) >= 11 is 0. The lowest BCUT2D eigenvalue weighted by molar-refractivity contribution is 0.387. The zero-order valence-electron chi connectivity index (χ0n) is 23.3. The first-order valence-electron chi connectivity index (χ1n) is 13.5. The first-order valence-corrected chi connectivity index (χ1v) is 13.5. The van der Waals surface area contributed by atoms with Crippen LogP contribution in [0, 0.1) is 25.5 Å². The molecule has 0 spiro atoms. The maximum absolute atomic E-state index is 15.5. The van der Waals surface area contributed by atoms with E-state index in [1.165, 1.54) is 29.9 Å². The molecule has 0 aliphatic heterocycles. The number of hydrogen-bond acceptors (Lipinski definition) is 4. The molecule has 0 bridgehead atoms. The van der Waals surface area contributed by atoms with E-state index in [4.69, 9.17) is 4.74 Å². The predicted octanol–water partition coefficient (Wildman–Crippen LogP) is 5.76. The topological polar surface area (TPSA) is 65.3 Å². The number of methoxy groups -OCH3 is 1. The van der Waals surface area contributed by atoms with E-state index in [0.29, 0.717) is 17.7 Å². The van der Waals surface area contributed by atoms with Crippen molar-refractivity contribution in [1.82, 2.24) is 14.5 Å². The number of aromatic nitrogens is 2. The summed E-state index contributed by atoms with van der Waals surface area (Å²) < 4.78 is 38.1. The summed E-state index contributed by atoms with van der Waals surface area (Å²) in [6.45, 7) is 6.03. The Morgan fingerprint density at radius 1 is 0.925 bits per heavy atom. The van der Waals surface area contributed by atoms with E-state index >= 15 is 4.39 Å². The Kier molecular flexibility index (Phi) is 9.32. The molecule has 0 saturated carbocycles. The third kappa shape index (κ3) is 5.92. The van der Waals surface area contributed by atoms with Crippen LogP contribution in [0.5, 0.6) is 5.75 Å². The average molecular weight is 548 g/mol. The van der Waals surface area contributed by atoms with Crippen molar-refractivity contribution in [3.8, 4) is 16.9 Å². The Bertz CT molecular complexity index is 1580. The second-order valence-electron chi connectivity index (χ2n) is 9.87. The minimum absolute atomic E-state index is 0.0144. The van der Waals surface area contributed by atoms with Crippen molar-refractivity contribution in [3.63, 3.8) is 0 Å². The molecular weight excluding hydrogens is 512 g/mol. The van der Waals surface area contributed by atoms with Crippen molar-refractivity contribution in [2.75, 3.05) is 13.7 Å². The number of ether oxygens (including phenoxy) is 1. The van der Waals surface area contributed by atoms with Crippen molar-refractivity contribution in [3.05, 3.63) is 122 Å². The van der Waals surface area contributed by atoms with Crippen molar-refractivity contribution in [2.45, 2.75) is 52.7 Å². The molecule has 0 aliphatic carbocycles. The van der Waals surface area contributed by atoms with E-state index in [9.17, 15) is 14.0 Å². The highest BCUT2D eigenvalue weighted by molar-refractivity contribution is 5.67. The van der Waals surface area contributed by atoms with Crippen LogP contribution in [-0.4, -0.2) is 22.8 Å². The van der Waals surface area contributed by atoms with Crippen LogP contribution in [0.2, 0.25) is 0 Å². The van der Waals surface area contributed by atoms with Gasteiger partial charge in [0.05, 0.1) is 31.8 Å². The van der Waals surface area contributed by atoms with Crippen molar-refractivity contribution >= 4 is 0 Å². The van der Waals surface area contributed by atoms with Gasteiger partial charge in [-0.2, -0.15) is 0 Å².